The summed E-state index contributed by atoms with van der Waals surface area (Å²) in [5, 5.41) is 8.30. The Labute approximate surface area is 173 Å². The Hall–Kier alpha value is -3.40. The fourth-order valence-corrected chi connectivity index (χ4v) is 2.59. The molecule has 0 aliphatic heterocycles. The third kappa shape index (κ3) is 4.53. The van der Waals surface area contributed by atoms with Crippen LogP contribution in [-0.2, 0) is 10.7 Å². The van der Waals surface area contributed by atoms with Gasteiger partial charge in [-0.15, -0.1) is 6.42 Å². The van der Waals surface area contributed by atoms with Gasteiger partial charge in [-0.3, -0.25) is 4.79 Å². The lowest BCUT2D eigenvalue weighted by molar-refractivity contribution is -0.291. The molecule has 1 unspecified atom stereocenters. The van der Waals surface area contributed by atoms with Crippen LogP contribution in [0.3, 0.4) is 0 Å². The normalized spacial score (nSPS) is 12.7. The lowest BCUT2D eigenvalue weighted by Gasteiger charge is -2.21. The Morgan fingerprint density at radius 1 is 1.29 bits per heavy atom. The third-order valence-electron chi connectivity index (χ3n) is 3.71. The number of halogens is 7. The van der Waals surface area contributed by atoms with Crippen LogP contribution in [0, 0.1) is 18.2 Å². The molecule has 0 saturated heterocycles. The van der Waals surface area contributed by atoms with E-state index in [2.05, 4.69) is 14.5 Å². The molecule has 0 aliphatic carbocycles. The lowest BCUT2D eigenvalue weighted by Crippen LogP contribution is -2.37. The Bertz CT molecular complexity index is 1130. The maximum Gasteiger partial charge on any atom is 0.507 e. The molecule has 1 heterocycles. The van der Waals surface area contributed by atoms with Crippen molar-refractivity contribution in [2.24, 2.45) is 0 Å². The van der Waals surface area contributed by atoms with Gasteiger partial charge in [0.05, 0.1) is 17.8 Å². The molecule has 166 valence electrons. The monoisotopic (exact) mass is 470 g/mol. The SMILES string of the molecule is C#CC(OC(=O)O)c1cc(-n2c(OC)nc(C(F)(F)C(F)(F)F)cc2=O)c(F)cc1Cl. The van der Waals surface area contributed by atoms with E-state index >= 15 is 0 Å². The summed E-state index contributed by atoms with van der Waals surface area (Å²) in [6, 6.07) is 0.0374. The number of carboxylic acid groups (broad SMARTS) is 1. The minimum Gasteiger partial charge on any atom is -0.468 e. The molecule has 1 atom stereocenters. The van der Waals surface area contributed by atoms with Crippen molar-refractivity contribution in [3.8, 4) is 24.0 Å². The Kier molecular flexibility index (Phi) is 6.46. The van der Waals surface area contributed by atoms with Crippen molar-refractivity contribution in [2.45, 2.75) is 18.2 Å². The summed E-state index contributed by atoms with van der Waals surface area (Å²) in [6.07, 6.45) is -4.41. The highest BCUT2D eigenvalue weighted by Gasteiger charge is 2.60. The van der Waals surface area contributed by atoms with Crippen molar-refractivity contribution in [2.75, 3.05) is 7.11 Å². The zero-order valence-electron chi connectivity index (χ0n) is 15.0. The van der Waals surface area contributed by atoms with Crippen LogP contribution in [0.4, 0.5) is 31.1 Å². The molecule has 0 radical (unpaired) electrons. The molecular formula is C17H9ClF6N2O5. The first-order chi connectivity index (χ1) is 14.2. The predicted octanol–water partition coefficient (Wildman–Crippen LogP) is 4.06. The van der Waals surface area contributed by atoms with Gasteiger partial charge in [0.15, 0.2) is 6.10 Å². The number of hydrogen-bond donors (Lipinski definition) is 1. The molecule has 0 fully saturated rings. The van der Waals surface area contributed by atoms with Gasteiger partial charge in [-0.1, -0.05) is 17.5 Å². The van der Waals surface area contributed by atoms with Crippen molar-refractivity contribution in [3.05, 3.63) is 50.7 Å². The van der Waals surface area contributed by atoms with Crippen molar-refractivity contribution in [1.82, 2.24) is 9.55 Å². The van der Waals surface area contributed by atoms with Crippen LogP contribution in [0.5, 0.6) is 6.01 Å². The molecule has 0 amide bonds. The first kappa shape index (κ1) is 23.9. The minimum atomic E-state index is -6.07. The van der Waals surface area contributed by atoms with Gasteiger partial charge in [0.25, 0.3) is 5.56 Å². The van der Waals surface area contributed by atoms with Crippen LogP contribution in [0.25, 0.3) is 5.69 Å². The highest BCUT2D eigenvalue weighted by molar-refractivity contribution is 6.31. The zero-order valence-corrected chi connectivity index (χ0v) is 15.8. The summed E-state index contributed by atoms with van der Waals surface area (Å²) in [4.78, 5) is 26.1. The smallest absolute Gasteiger partial charge is 0.468 e. The molecule has 14 heteroatoms. The molecule has 0 saturated carbocycles. The maximum atomic E-state index is 14.5. The molecule has 1 aromatic carbocycles. The quantitative estimate of drug-likeness (QED) is 0.403. The van der Waals surface area contributed by atoms with Crippen molar-refractivity contribution in [3.63, 3.8) is 0 Å². The van der Waals surface area contributed by atoms with Crippen LogP contribution < -0.4 is 10.3 Å². The molecule has 0 bridgehead atoms. The van der Waals surface area contributed by atoms with E-state index in [1.165, 1.54) is 0 Å². The molecule has 1 N–H and O–H groups in total. The van der Waals surface area contributed by atoms with Crippen molar-refractivity contribution < 1.29 is 45.7 Å². The van der Waals surface area contributed by atoms with E-state index in [4.69, 9.17) is 23.1 Å². The van der Waals surface area contributed by atoms with E-state index in [0.717, 1.165) is 13.2 Å². The first-order valence-electron chi connectivity index (χ1n) is 7.72. The number of carbonyl (C=O) groups is 1. The summed E-state index contributed by atoms with van der Waals surface area (Å²) in [5.41, 5.74) is -4.68. The number of nitrogens with zero attached hydrogens (tertiary/aromatic N) is 2. The second-order valence-electron chi connectivity index (χ2n) is 5.63. The van der Waals surface area contributed by atoms with Crippen molar-refractivity contribution >= 4 is 17.8 Å². The summed E-state index contributed by atoms with van der Waals surface area (Å²) in [5.74, 6) is -4.87. The predicted molar refractivity (Wildman–Crippen MR) is 92.0 cm³/mol. The molecule has 2 rings (SSSR count). The van der Waals surface area contributed by atoms with Gasteiger partial charge >= 0.3 is 24.3 Å². The van der Waals surface area contributed by atoms with Crippen LogP contribution in [0.2, 0.25) is 5.02 Å². The van der Waals surface area contributed by atoms with Gasteiger partial charge in [-0.25, -0.2) is 13.8 Å². The maximum absolute atomic E-state index is 14.5. The van der Waals surface area contributed by atoms with Gasteiger partial charge in [-0.05, 0) is 12.1 Å². The molecular weight excluding hydrogens is 462 g/mol. The lowest BCUT2D eigenvalue weighted by atomic mass is 10.1. The number of methoxy groups -OCH3 is 1. The topological polar surface area (TPSA) is 90.7 Å². The standard InChI is InChI=1S/C17H9ClF6N2O5/c1-3-11(31-15(28)29)7-4-10(9(19)5-8(7)18)26-13(27)6-12(25-14(26)30-2)16(20,21)17(22,23)24/h1,4-6,11H,2H3,(H,28,29). The Balaban J connectivity index is 2.77. The Morgan fingerprint density at radius 3 is 2.39 bits per heavy atom. The van der Waals surface area contributed by atoms with Gasteiger partial charge in [0, 0.05) is 11.6 Å². The van der Waals surface area contributed by atoms with Crippen LogP contribution >= 0.6 is 11.6 Å². The summed E-state index contributed by atoms with van der Waals surface area (Å²) in [7, 11) is 0.778. The summed E-state index contributed by atoms with van der Waals surface area (Å²) >= 11 is 5.83. The van der Waals surface area contributed by atoms with E-state index in [1.807, 2.05) is 5.92 Å². The van der Waals surface area contributed by atoms with E-state index < -0.39 is 58.1 Å². The van der Waals surface area contributed by atoms with Gasteiger partial charge in [0.1, 0.15) is 11.5 Å². The van der Waals surface area contributed by atoms with E-state index in [9.17, 15) is 35.9 Å². The van der Waals surface area contributed by atoms with Crippen LogP contribution in [0.1, 0.15) is 17.4 Å². The summed E-state index contributed by atoms with van der Waals surface area (Å²) in [6.45, 7) is 0. The third-order valence-corrected chi connectivity index (χ3v) is 4.04. The Morgan fingerprint density at radius 2 is 1.90 bits per heavy atom. The number of ether oxygens (including phenoxy) is 2. The first-order valence-corrected chi connectivity index (χ1v) is 8.10. The average Bonchev–Trinajstić information content (AvgIpc) is 2.65. The van der Waals surface area contributed by atoms with E-state index in [-0.39, 0.29) is 16.2 Å². The summed E-state index contributed by atoms with van der Waals surface area (Å²) < 4.78 is 88.7. The zero-order chi connectivity index (χ0) is 23.7. The number of rotatable bonds is 5. The minimum absolute atomic E-state index is 0.157. The largest absolute Gasteiger partial charge is 0.507 e. The molecule has 7 nitrogen and oxygen atoms in total. The van der Waals surface area contributed by atoms with Crippen molar-refractivity contribution in [1.29, 1.82) is 0 Å². The fraction of sp³-hybridized carbons (Fsp3) is 0.235. The molecule has 0 aliphatic rings. The molecule has 2 aromatic rings. The second kappa shape index (κ2) is 8.38. The van der Waals surface area contributed by atoms with Crippen LogP contribution in [-0.4, -0.2) is 34.1 Å². The van der Waals surface area contributed by atoms with E-state index in [0.29, 0.717) is 6.07 Å². The van der Waals surface area contributed by atoms with Gasteiger partial charge < -0.3 is 14.6 Å². The number of benzene rings is 1. The highest BCUT2D eigenvalue weighted by atomic mass is 35.5. The van der Waals surface area contributed by atoms with Gasteiger partial charge in [-0.2, -0.15) is 26.9 Å². The van der Waals surface area contributed by atoms with Crippen LogP contribution in [0.15, 0.2) is 23.0 Å². The molecule has 0 spiro atoms. The molecule has 31 heavy (non-hydrogen) atoms. The second-order valence-corrected chi connectivity index (χ2v) is 6.04. The van der Waals surface area contributed by atoms with E-state index in [1.54, 1.807) is 0 Å². The van der Waals surface area contributed by atoms with Gasteiger partial charge in [0.2, 0.25) is 0 Å². The average molecular weight is 471 g/mol. The number of hydrogen-bond acceptors (Lipinski definition) is 5. The highest BCUT2D eigenvalue weighted by Crippen LogP contribution is 2.43. The molecule has 1 aromatic heterocycles. The number of aromatic nitrogens is 2. The number of alkyl halides is 5. The number of terminal acetylenes is 1. The fourth-order valence-electron chi connectivity index (χ4n) is 2.34.